The molecular weight excluding hydrogens is 376 g/mol. The largest absolute Gasteiger partial charge is 0.491 e. The van der Waals surface area contributed by atoms with Gasteiger partial charge in [0.15, 0.2) is 0 Å². The first-order chi connectivity index (χ1) is 13.6. The van der Waals surface area contributed by atoms with Crippen molar-refractivity contribution in [3.8, 4) is 5.75 Å². The number of nitrogens with zero attached hydrogens (tertiary/aromatic N) is 2. The predicted molar refractivity (Wildman–Crippen MR) is 112 cm³/mol. The normalized spacial score (nSPS) is 17.1. The quantitative estimate of drug-likeness (QED) is 0.617. The lowest BCUT2D eigenvalue weighted by atomic mass is 10.0. The van der Waals surface area contributed by atoms with Crippen LogP contribution in [0, 0.1) is 0 Å². The van der Waals surface area contributed by atoms with E-state index in [1.807, 2.05) is 60.7 Å². The highest BCUT2D eigenvalue weighted by molar-refractivity contribution is 6.30. The lowest BCUT2D eigenvalue weighted by Crippen LogP contribution is -2.40. The first kappa shape index (κ1) is 20.4. The third-order valence-electron chi connectivity index (χ3n) is 4.41. The Balaban J connectivity index is 1.48. The van der Waals surface area contributed by atoms with Crippen LogP contribution in [0.4, 0.5) is 0 Å². The Morgan fingerprint density at radius 1 is 1.25 bits per heavy atom. The second kappa shape index (κ2) is 10.3. The molecule has 5 nitrogen and oxygen atoms in total. The second-order valence-electron chi connectivity index (χ2n) is 6.76. The van der Waals surface area contributed by atoms with Crippen molar-refractivity contribution in [2.75, 3.05) is 26.2 Å². The van der Waals surface area contributed by atoms with Crippen LogP contribution in [0.3, 0.4) is 0 Å². The topological polar surface area (TPSA) is 54.3 Å². The Kier molecular flexibility index (Phi) is 7.48. The number of hydrogen-bond donors (Lipinski definition) is 1. The van der Waals surface area contributed by atoms with Crippen LogP contribution < -0.4 is 4.74 Å². The zero-order chi connectivity index (χ0) is 19.8. The van der Waals surface area contributed by atoms with Crippen molar-refractivity contribution in [3.63, 3.8) is 0 Å². The molecule has 1 aliphatic rings. The SMILES string of the molecule is C=CCN(C[C@@H](O)COc1ccccc1)C[C@@H]1CC(c2ccc(Cl)cc2)=NO1. The number of hydrogen-bond acceptors (Lipinski definition) is 5. The van der Waals surface area contributed by atoms with Crippen molar-refractivity contribution < 1.29 is 14.7 Å². The highest BCUT2D eigenvalue weighted by Crippen LogP contribution is 2.19. The van der Waals surface area contributed by atoms with E-state index in [1.165, 1.54) is 0 Å². The van der Waals surface area contributed by atoms with E-state index >= 15 is 0 Å². The zero-order valence-corrected chi connectivity index (χ0v) is 16.5. The lowest BCUT2D eigenvalue weighted by Gasteiger charge is -2.25. The molecule has 28 heavy (non-hydrogen) atoms. The number of aliphatic hydroxyl groups is 1. The summed E-state index contributed by atoms with van der Waals surface area (Å²) in [5, 5.41) is 15.3. The smallest absolute Gasteiger partial charge is 0.145 e. The molecule has 2 atom stereocenters. The first-order valence-electron chi connectivity index (χ1n) is 9.32. The number of halogens is 1. The maximum Gasteiger partial charge on any atom is 0.145 e. The van der Waals surface area contributed by atoms with E-state index in [9.17, 15) is 5.11 Å². The summed E-state index contributed by atoms with van der Waals surface area (Å²) in [6, 6.07) is 17.1. The van der Waals surface area contributed by atoms with Crippen LogP contribution in [0.1, 0.15) is 12.0 Å². The molecule has 0 saturated heterocycles. The van der Waals surface area contributed by atoms with E-state index in [2.05, 4.69) is 16.6 Å². The van der Waals surface area contributed by atoms with E-state index in [-0.39, 0.29) is 12.7 Å². The van der Waals surface area contributed by atoms with Gasteiger partial charge in [-0.15, -0.1) is 6.58 Å². The number of oxime groups is 1. The van der Waals surface area contributed by atoms with E-state index in [1.54, 1.807) is 0 Å². The minimum absolute atomic E-state index is 0.0622. The number of ether oxygens (including phenoxy) is 1. The average Bonchev–Trinajstić information content (AvgIpc) is 3.16. The molecule has 1 heterocycles. The highest BCUT2D eigenvalue weighted by atomic mass is 35.5. The third-order valence-corrected chi connectivity index (χ3v) is 4.67. The Morgan fingerprint density at radius 3 is 2.71 bits per heavy atom. The molecule has 6 heteroatoms. The van der Waals surface area contributed by atoms with Gasteiger partial charge in [0.25, 0.3) is 0 Å². The molecule has 2 aromatic carbocycles. The lowest BCUT2D eigenvalue weighted by molar-refractivity contribution is 0.0283. The summed E-state index contributed by atoms with van der Waals surface area (Å²) in [4.78, 5) is 7.70. The molecule has 1 N–H and O–H groups in total. The Bertz CT molecular complexity index is 780. The average molecular weight is 401 g/mol. The molecule has 0 aliphatic carbocycles. The van der Waals surface area contributed by atoms with Crippen molar-refractivity contribution in [1.82, 2.24) is 4.90 Å². The summed E-state index contributed by atoms with van der Waals surface area (Å²) in [6.45, 7) is 5.81. The van der Waals surface area contributed by atoms with Crippen LogP contribution in [0.15, 0.2) is 72.4 Å². The number of benzene rings is 2. The van der Waals surface area contributed by atoms with Gasteiger partial charge in [0.05, 0.1) is 5.71 Å². The molecule has 0 radical (unpaired) electrons. The van der Waals surface area contributed by atoms with E-state index < -0.39 is 6.10 Å². The van der Waals surface area contributed by atoms with Crippen molar-refractivity contribution in [2.45, 2.75) is 18.6 Å². The summed E-state index contributed by atoms with van der Waals surface area (Å²) in [6.07, 6.45) is 1.86. The summed E-state index contributed by atoms with van der Waals surface area (Å²) < 4.78 is 5.63. The van der Waals surface area contributed by atoms with Crippen LogP contribution in [0.2, 0.25) is 5.02 Å². The fraction of sp³-hybridized carbons (Fsp3) is 0.318. The van der Waals surface area contributed by atoms with Crippen LogP contribution in [-0.4, -0.2) is 54.2 Å². The molecule has 148 valence electrons. The van der Waals surface area contributed by atoms with Gasteiger partial charge in [0.2, 0.25) is 0 Å². The van der Waals surface area contributed by atoms with Crippen LogP contribution >= 0.6 is 11.6 Å². The van der Waals surface area contributed by atoms with Gasteiger partial charge in [-0.25, -0.2) is 0 Å². The zero-order valence-electron chi connectivity index (χ0n) is 15.7. The molecule has 0 aromatic heterocycles. The fourth-order valence-corrected chi connectivity index (χ4v) is 3.22. The van der Waals surface area contributed by atoms with E-state index in [4.69, 9.17) is 21.2 Å². The first-order valence-corrected chi connectivity index (χ1v) is 9.69. The van der Waals surface area contributed by atoms with Gasteiger partial charge in [0, 0.05) is 31.1 Å². The Morgan fingerprint density at radius 2 is 2.00 bits per heavy atom. The molecule has 0 bridgehead atoms. The Labute approximate surface area is 170 Å². The van der Waals surface area contributed by atoms with E-state index in [0.29, 0.717) is 31.1 Å². The van der Waals surface area contributed by atoms with Gasteiger partial charge in [-0.2, -0.15) is 0 Å². The molecular formula is C22H25ClN2O3. The van der Waals surface area contributed by atoms with Crippen molar-refractivity contribution >= 4 is 17.3 Å². The van der Waals surface area contributed by atoms with Crippen molar-refractivity contribution in [1.29, 1.82) is 0 Å². The maximum atomic E-state index is 10.4. The minimum Gasteiger partial charge on any atom is -0.491 e. The number of rotatable bonds is 10. The third kappa shape index (κ3) is 6.09. The maximum absolute atomic E-state index is 10.4. The van der Waals surface area contributed by atoms with Gasteiger partial charge >= 0.3 is 0 Å². The summed E-state index contributed by atoms with van der Waals surface area (Å²) >= 11 is 5.94. The molecule has 0 amide bonds. The summed E-state index contributed by atoms with van der Waals surface area (Å²) in [7, 11) is 0. The standard InChI is InChI=1S/C22H25ClN2O3/c1-2-12-25(14-19(26)16-27-20-6-4-3-5-7-20)15-21-13-22(24-28-21)17-8-10-18(23)11-9-17/h2-11,19,21,26H,1,12-16H2/t19-,21+/m1/s1. The molecule has 0 fully saturated rings. The summed E-state index contributed by atoms with van der Waals surface area (Å²) in [5.74, 6) is 0.747. The van der Waals surface area contributed by atoms with Crippen molar-refractivity contribution in [3.05, 3.63) is 77.8 Å². The van der Waals surface area contributed by atoms with Crippen LogP contribution in [0.5, 0.6) is 5.75 Å². The molecule has 0 spiro atoms. The van der Waals surface area contributed by atoms with Gasteiger partial charge in [-0.3, -0.25) is 4.90 Å². The van der Waals surface area contributed by atoms with Gasteiger partial charge in [-0.1, -0.05) is 53.2 Å². The molecule has 0 saturated carbocycles. The summed E-state index contributed by atoms with van der Waals surface area (Å²) in [5.41, 5.74) is 1.92. The number of aliphatic hydroxyl groups excluding tert-OH is 1. The number of para-hydroxylation sites is 1. The molecule has 0 unspecified atom stereocenters. The fourth-order valence-electron chi connectivity index (χ4n) is 3.09. The van der Waals surface area contributed by atoms with E-state index in [0.717, 1.165) is 17.0 Å². The van der Waals surface area contributed by atoms with Crippen LogP contribution in [-0.2, 0) is 4.84 Å². The van der Waals surface area contributed by atoms with Crippen molar-refractivity contribution in [2.24, 2.45) is 5.16 Å². The Hall–Kier alpha value is -2.34. The molecule has 1 aliphatic heterocycles. The second-order valence-corrected chi connectivity index (χ2v) is 7.20. The van der Waals surface area contributed by atoms with Crippen LogP contribution in [0.25, 0.3) is 0 Å². The van der Waals surface area contributed by atoms with Gasteiger partial charge < -0.3 is 14.7 Å². The monoisotopic (exact) mass is 400 g/mol. The minimum atomic E-state index is -0.613. The molecule has 3 rings (SSSR count). The molecule has 2 aromatic rings. The highest BCUT2D eigenvalue weighted by Gasteiger charge is 2.25. The van der Waals surface area contributed by atoms with Gasteiger partial charge in [0.1, 0.15) is 24.6 Å². The van der Waals surface area contributed by atoms with Gasteiger partial charge in [-0.05, 0) is 29.8 Å². The predicted octanol–water partition coefficient (Wildman–Crippen LogP) is 3.76.